The minimum absolute atomic E-state index is 0.189. The highest BCUT2D eigenvalue weighted by Crippen LogP contribution is 2.61. The Bertz CT molecular complexity index is 1600. The molecule has 0 bridgehead atoms. The van der Waals surface area contributed by atoms with Crippen LogP contribution in [0.25, 0.3) is 0 Å². The Morgan fingerprint density at radius 1 is 0.578 bits per heavy atom. The van der Waals surface area contributed by atoms with Crippen LogP contribution in [0.2, 0.25) is 0 Å². The van der Waals surface area contributed by atoms with Crippen LogP contribution in [0.15, 0.2) is 70.9 Å². The first-order valence-corrected chi connectivity index (χ1v) is 24.6. The molecule has 6 aliphatic rings. The van der Waals surface area contributed by atoms with Gasteiger partial charge in [-0.25, -0.2) is 8.78 Å². The van der Waals surface area contributed by atoms with Gasteiger partial charge in [-0.15, -0.1) is 0 Å². The molecule has 0 spiro atoms. The van der Waals surface area contributed by atoms with Gasteiger partial charge in [0.25, 0.3) is 0 Å². The molecule has 0 amide bonds. The van der Waals surface area contributed by atoms with Gasteiger partial charge in [-0.2, -0.15) is 0 Å². The number of hydrogen-bond donors (Lipinski definition) is 8. The molecule has 64 heavy (non-hydrogen) atoms. The SMILES string of the molecule is C[C@H](/C=C/CC(C)(C)O)C1CCC2/C(=C/C=C3C[C@@H](O)C(O)(CF)[C@H](O)C3)CCCC21C.C[C@H](/C=C/CC(C)(C)O)C1CCC2/C(=C/C=C3C[C@@H](O)C(O)(CF)[C@H](O)C3)CCCC21C. The van der Waals surface area contributed by atoms with Gasteiger partial charge in [0.15, 0.2) is 0 Å². The summed E-state index contributed by atoms with van der Waals surface area (Å²) in [6, 6.07) is 0. The minimum atomic E-state index is -2.05. The van der Waals surface area contributed by atoms with E-state index in [9.17, 15) is 49.6 Å². The Balaban J connectivity index is 0.000000241. The zero-order valence-electron chi connectivity index (χ0n) is 40.5. The van der Waals surface area contributed by atoms with Crippen LogP contribution in [-0.4, -0.2) is 101 Å². The van der Waals surface area contributed by atoms with Crippen LogP contribution in [0.1, 0.15) is 158 Å². The molecule has 0 aromatic rings. The van der Waals surface area contributed by atoms with Gasteiger partial charge in [0, 0.05) is 0 Å². The van der Waals surface area contributed by atoms with Crippen LogP contribution >= 0.6 is 0 Å². The molecule has 0 aliphatic heterocycles. The molecule has 0 aromatic heterocycles. The number of aliphatic hydroxyl groups excluding tert-OH is 4. The van der Waals surface area contributed by atoms with E-state index in [2.05, 4.69) is 64.2 Å². The number of rotatable bonds is 12. The molecule has 0 aromatic carbocycles. The van der Waals surface area contributed by atoms with Crippen molar-refractivity contribution >= 4 is 0 Å². The Morgan fingerprint density at radius 2 is 0.906 bits per heavy atom. The zero-order valence-corrected chi connectivity index (χ0v) is 40.5. The molecule has 6 saturated carbocycles. The van der Waals surface area contributed by atoms with Crippen LogP contribution in [-0.2, 0) is 0 Å². The third-order valence-electron chi connectivity index (χ3n) is 17.1. The standard InChI is InChI=1S/2C27H43FO4/c2*1-18(7-5-13-25(2,3)31)21-11-12-22-20(8-6-14-26(21,22)4)10-9-19-15-23(29)27(32,17-28)24(30)16-19/h2*5,7,9-10,18,21-24,29-32H,6,8,11-17H2,1-4H3/b2*7-5+,19-9?,20-10+/t2*18-,21?,22?,23-,24-,26?,27?/m11/s1. The van der Waals surface area contributed by atoms with Gasteiger partial charge >= 0.3 is 0 Å². The van der Waals surface area contributed by atoms with E-state index in [1.165, 1.54) is 49.7 Å². The molecule has 6 rings (SSSR count). The second kappa shape index (κ2) is 21.1. The molecule has 10 heteroatoms. The third kappa shape index (κ3) is 12.0. The van der Waals surface area contributed by atoms with Crippen LogP contribution in [0.3, 0.4) is 0 Å². The van der Waals surface area contributed by atoms with E-state index in [1.54, 1.807) is 0 Å². The summed E-state index contributed by atoms with van der Waals surface area (Å²) >= 11 is 0. The Kier molecular flexibility index (Phi) is 17.4. The fourth-order valence-corrected chi connectivity index (χ4v) is 13.1. The summed E-state index contributed by atoms with van der Waals surface area (Å²) in [6.07, 6.45) is 25.7. The van der Waals surface area contributed by atoms with E-state index in [4.69, 9.17) is 0 Å². The van der Waals surface area contributed by atoms with Crippen molar-refractivity contribution < 1.29 is 49.6 Å². The topological polar surface area (TPSA) is 162 Å². The first-order chi connectivity index (χ1) is 29.8. The summed E-state index contributed by atoms with van der Waals surface area (Å²) in [5.41, 5.74) is -0.348. The molecule has 6 aliphatic carbocycles. The second-order valence-electron chi connectivity index (χ2n) is 23.1. The summed E-state index contributed by atoms with van der Waals surface area (Å²) in [5.74, 6) is 3.22. The van der Waals surface area contributed by atoms with Crippen molar-refractivity contribution in [3.63, 3.8) is 0 Å². The Morgan fingerprint density at radius 3 is 1.20 bits per heavy atom. The summed E-state index contributed by atoms with van der Waals surface area (Å²) in [6.45, 7) is 14.5. The number of fused-ring (bicyclic) bond motifs is 2. The van der Waals surface area contributed by atoms with Crippen molar-refractivity contribution in [1.82, 2.24) is 0 Å². The van der Waals surface area contributed by atoms with E-state index in [0.717, 1.165) is 36.8 Å². The summed E-state index contributed by atoms with van der Waals surface area (Å²) < 4.78 is 26.4. The van der Waals surface area contributed by atoms with Gasteiger partial charge in [0.05, 0.1) is 35.6 Å². The lowest BCUT2D eigenvalue weighted by Gasteiger charge is -2.44. The Labute approximate surface area is 384 Å². The highest BCUT2D eigenvalue weighted by Gasteiger charge is 2.52. The third-order valence-corrected chi connectivity index (χ3v) is 17.1. The van der Waals surface area contributed by atoms with Gasteiger partial charge in [0.1, 0.15) is 24.6 Å². The molecule has 0 saturated heterocycles. The molecule has 364 valence electrons. The van der Waals surface area contributed by atoms with Crippen molar-refractivity contribution in [3.8, 4) is 0 Å². The van der Waals surface area contributed by atoms with E-state index in [0.29, 0.717) is 48.3 Å². The normalized spacial score (nSPS) is 40.7. The van der Waals surface area contributed by atoms with E-state index >= 15 is 0 Å². The fourth-order valence-electron chi connectivity index (χ4n) is 13.1. The lowest BCUT2D eigenvalue weighted by atomic mass is 9.61. The second-order valence-corrected chi connectivity index (χ2v) is 23.1. The predicted octanol–water partition coefficient (Wildman–Crippen LogP) is 9.25. The number of halogens is 2. The van der Waals surface area contributed by atoms with Crippen LogP contribution in [0, 0.1) is 46.3 Å². The largest absolute Gasteiger partial charge is 0.390 e. The maximum absolute atomic E-state index is 13.2. The van der Waals surface area contributed by atoms with Crippen LogP contribution < -0.4 is 0 Å². The molecule has 0 heterocycles. The molecule has 6 unspecified atom stereocenters. The van der Waals surface area contributed by atoms with Gasteiger partial charge < -0.3 is 40.9 Å². The summed E-state index contributed by atoms with van der Waals surface area (Å²) in [5, 5.41) is 81.0. The summed E-state index contributed by atoms with van der Waals surface area (Å²) in [4.78, 5) is 0. The quantitative estimate of drug-likeness (QED) is 0.0900. The monoisotopic (exact) mass is 901 g/mol. The first kappa shape index (κ1) is 52.9. The van der Waals surface area contributed by atoms with Crippen molar-refractivity contribution in [2.24, 2.45) is 46.3 Å². The first-order valence-electron chi connectivity index (χ1n) is 24.6. The van der Waals surface area contributed by atoms with Crippen LogP contribution in [0.4, 0.5) is 8.78 Å². The molecule has 12 atom stereocenters. The van der Waals surface area contributed by atoms with Crippen molar-refractivity contribution in [3.05, 3.63) is 70.9 Å². The molecule has 8 N–H and O–H groups in total. The predicted molar refractivity (Wildman–Crippen MR) is 251 cm³/mol. The lowest BCUT2D eigenvalue weighted by Crippen LogP contribution is -2.57. The smallest absolute Gasteiger partial charge is 0.145 e. The van der Waals surface area contributed by atoms with E-state index in [-0.39, 0.29) is 36.5 Å². The highest BCUT2D eigenvalue weighted by atomic mass is 19.1. The molecule has 6 fully saturated rings. The highest BCUT2D eigenvalue weighted by molar-refractivity contribution is 5.29. The number of aliphatic hydroxyl groups is 8. The van der Waals surface area contributed by atoms with E-state index in [1.807, 2.05) is 39.8 Å². The lowest BCUT2D eigenvalue weighted by molar-refractivity contribution is -0.165. The number of alkyl halides is 2. The van der Waals surface area contributed by atoms with Gasteiger partial charge in [-0.05, 0) is 177 Å². The minimum Gasteiger partial charge on any atom is -0.390 e. The molecular weight excluding hydrogens is 815 g/mol. The molecule has 0 radical (unpaired) electrons. The van der Waals surface area contributed by atoms with Gasteiger partial charge in [0.2, 0.25) is 0 Å². The maximum Gasteiger partial charge on any atom is 0.145 e. The number of hydrogen-bond acceptors (Lipinski definition) is 8. The van der Waals surface area contributed by atoms with Gasteiger partial charge in [-0.3, -0.25) is 0 Å². The van der Waals surface area contributed by atoms with Gasteiger partial charge in [-0.1, -0.05) is 98.6 Å². The average molecular weight is 901 g/mol. The number of allylic oxidation sites excluding steroid dienone is 8. The average Bonchev–Trinajstić information content (AvgIpc) is 3.76. The molecular formula is C54H86F2O8. The summed E-state index contributed by atoms with van der Waals surface area (Å²) in [7, 11) is 0. The van der Waals surface area contributed by atoms with Crippen molar-refractivity contribution in [2.75, 3.05) is 13.3 Å². The van der Waals surface area contributed by atoms with E-state index < -0.39 is 60.2 Å². The zero-order chi connectivity index (χ0) is 47.5. The maximum atomic E-state index is 13.2. The fraction of sp³-hybridized carbons (Fsp3) is 0.778. The Hall–Kier alpha value is -2.02. The van der Waals surface area contributed by atoms with Crippen molar-refractivity contribution in [1.29, 1.82) is 0 Å². The van der Waals surface area contributed by atoms with Crippen LogP contribution in [0.5, 0.6) is 0 Å². The van der Waals surface area contributed by atoms with Crippen molar-refractivity contribution in [2.45, 2.75) is 205 Å². The molecule has 8 nitrogen and oxygen atoms in total.